The second-order valence-corrected chi connectivity index (χ2v) is 5.50. The lowest BCUT2D eigenvalue weighted by atomic mass is 9.90. The molecular weight excluding hydrogens is 254 g/mol. The molecule has 0 aliphatic heterocycles. The van der Waals surface area contributed by atoms with Gasteiger partial charge in [-0.05, 0) is 30.6 Å². The first-order chi connectivity index (χ1) is 9.29. The molecular formula is C15H23N3S. The van der Waals surface area contributed by atoms with Crippen LogP contribution < -0.4 is 16.0 Å². The lowest BCUT2D eigenvalue weighted by Gasteiger charge is -2.33. The average Bonchev–Trinajstić information content (AvgIpc) is 2.47. The summed E-state index contributed by atoms with van der Waals surface area (Å²) in [5.41, 5.74) is 1.34. The third-order valence-electron chi connectivity index (χ3n) is 3.72. The van der Waals surface area contributed by atoms with Crippen LogP contribution in [0.3, 0.4) is 0 Å². The fourth-order valence-electron chi connectivity index (χ4n) is 2.63. The minimum absolute atomic E-state index is 0.442. The van der Waals surface area contributed by atoms with Crippen molar-refractivity contribution in [1.29, 1.82) is 0 Å². The summed E-state index contributed by atoms with van der Waals surface area (Å²) < 4.78 is 0. The first-order valence-corrected chi connectivity index (χ1v) is 7.46. The van der Waals surface area contributed by atoms with Crippen molar-refractivity contribution in [3.05, 3.63) is 35.9 Å². The lowest BCUT2D eigenvalue weighted by molar-refractivity contribution is 0.307. The van der Waals surface area contributed by atoms with Gasteiger partial charge in [-0.1, -0.05) is 43.2 Å². The van der Waals surface area contributed by atoms with E-state index in [1.807, 2.05) is 7.05 Å². The first kappa shape index (κ1) is 14.3. The van der Waals surface area contributed by atoms with E-state index in [0.29, 0.717) is 12.1 Å². The van der Waals surface area contributed by atoms with Gasteiger partial charge < -0.3 is 16.0 Å². The molecule has 1 aromatic carbocycles. The van der Waals surface area contributed by atoms with Gasteiger partial charge in [-0.25, -0.2) is 0 Å². The fraction of sp³-hybridized carbons (Fsp3) is 0.533. The molecule has 1 saturated carbocycles. The van der Waals surface area contributed by atoms with Crippen molar-refractivity contribution in [3.63, 3.8) is 0 Å². The van der Waals surface area contributed by atoms with Crippen LogP contribution in [0.15, 0.2) is 30.3 Å². The maximum atomic E-state index is 5.22. The van der Waals surface area contributed by atoms with Gasteiger partial charge in [-0.2, -0.15) is 0 Å². The lowest BCUT2D eigenvalue weighted by Crippen LogP contribution is -2.53. The van der Waals surface area contributed by atoms with Crippen LogP contribution in [0.2, 0.25) is 0 Å². The monoisotopic (exact) mass is 277 g/mol. The summed E-state index contributed by atoms with van der Waals surface area (Å²) in [7, 11) is 1.87. The Morgan fingerprint density at radius 1 is 1.16 bits per heavy atom. The molecule has 3 N–H and O–H groups in total. The highest BCUT2D eigenvalue weighted by Crippen LogP contribution is 2.19. The minimum atomic E-state index is 0.442. The Morgan fingerprint density at radius 3 is 2.53 bits per heavy atom. The SMILES string of the molecule is CNC(=S)N[C@@H]1CCCC[C@H]1NCc1ccccc1. The van der Waals surface area contributed by atoms with Crippen molar-refractivity contribution in [3.8, 4) is 0 Å². The predicted molar refractivity (Wildman–Crippen MR) is 84.1 cm³/mol. The molecule has 0 radical (unpaired) electrons. The van der Waals surface area contributed by atoms with E-state index in [2.05, 4.69) is 46.3 Å². The van der Waals surface area contributed by atoms with Crippen LogP contribution in [0.1, 0.15) is 31.2 Å². The Morgan fingerprint density at radius 2 is 1.84 bits per heavy atom. The number of nitrogens with one attached hydrogen (secondary N) is 3. The summed E-state index contributed by atoms with van der Waals surface area (Å²) in [6, 6.07) is 11.5. The Kier molecular flexibility index (Phi) is 5.61. The third-order valence-corrected chi connectivity index (χ3v) is 4.04. The van der Waals surface area contributed by atoms with Gasteiger partial charge in [0.05, 0.1) is 0 Å². The van der Waals surface area contributed by atoms with Gasteiger partial charge >= 0.3 is 0 Å². The van der Waals surface area contributed by atoms with Crippen LogP contribution in [0.25, 0.3) is 0 Å². The minimum Gasteiger partial charge on any atom is -0.366 e. The summed E-state index contributed by atoms with van der Waals surface area (Å²) >= 11 is 5.22. The van der Waals surface area contributed by atoms with Crippen molar-refractivity contribution in [2.24, 2.45) is 0 Å². The van der Waals surface area contributed by atoms with Gasteiger partial charge in [0, 0.05) is 25.7 Å². The molecule has 1 aromatic rings. The van der Waals surface area contributed by atoms with Crippen molar-refractivity contribution in [1.82, 2.24) is 16.0 Å². The Bertz CT molecular complexity index is 394. The van der Waals surface area contributed by atoms with Crippen LogP contribution in [-0.2, 0) is 6.54 Å². The summed E-state index contributed by atoms with van der Waals surface area (Å²) in [4.78, 5) is 0. The molecule has 2 atom stereocenters. The molecule has 0 aromatic heterocycles. The van der Waals surface area contributed by atoms with E-state index in [1.165, 1.54) is 31.2 Å². The molecule has 0 heterocycles. The molecule has 0 spiro atoms. The zero-order valence-corrected chi connectivity index (χ0v) is 12.3. The number of rotatable bonds is 4. The van der Waals surface area contributed by atoms with Gasteiger partial charge in [-0.15, -0.1) is 0 Å². The molecule has 104 valence electrons. The number of hydrogen-bond acceptors (Lipinski definition) is 2. The third kappa shape index (κ3) is 4.48. The zero-order valence-electron chi connectivity index (χ0n) is 11.5. The summed E-state index contributed by atoms with van der Waals surface area (Å²) in [5.74, 6) is 0. The summed E-state index contributed by atoms with van der Waals surface area (Å²) in [5, 5.41) is 10.8. The largest absolute Gasteiger partial charge is 0.366 e. The highest BCUT2D eigenvalue weighted by molar-refractivity contribution is 7.80. The smallest absolute Gasteiger partial charge is 0.166 e. The van der Waals surface area contributed by atoms with Crippen LogP contribution in [0.4, 0.5) is 0 Å². The van der Waals surface area contributed by atoms with Crippen molar-refractivity contribution < 1.29 is 0 Å². The maximum absolute atomic E-state index is 5.22. The van der Waals surface area contributed by atoms with E-state index >= 15 is 0 Å². The Labute approximate surface area is 121 Å². The van der Waals surface area contributed by atoms with E-state index < -0.39 is 0 Å². The Hall–Kier alpha value is -1.13. The molecule has 0 unspecified atom stereocenters. The number of thiocarbonyl (C=S) groups is 1. The van der Waals surface area contributed by atoms with Crippen LogP contribution >= 0.6 is 12.2 Å². The van der Waals surface area contributed by atoms with Crippen molar-refractivity contribution in [2.75, 3.05) is 7.05 Å². The van der Waals surface area contributed by atoms with E-state index in [1.54, 1.807) is 0 Å². The van der Waals surface area contributed by atoms with Crippen LogP contribution in [0, 0.1) is 0 Å². The molecule has 1 aliphatic rings. The first-order valence-electron chi connectivity index (χ1n) is 7.05. The van der Waals surface area contributed by atoms with Crippen LogP contribution in [0.5, 0.6) is 0 Å². The molecule has 1 aliphatic carbocycles. The second-order valence-electron chi connectivity index (χ2n) is 5.09. The molecule has 4 heteroatoms. The normalized spacial score (nSPS) is 22.8. The van der Waals surface area contributed by atoms with E-state index in [9.17, 15) is 0 Å². The van der Waals surface area contributed by atoms with E-state index in [-0.39, 0.29) is 0 Å². The molecule has 0 saturated heterocycles. The average molecular weight is 277 g/mol. The molecule has 1 fully saturated rings. The number of hydrogen-bond donors (Lipinski definition) is 3. The molecule has 19 heavy (non-hydrogen) atoms. The molecule has 3 nitrogen and oxygen atoms in total. The van der Waals surface area contributed by atoms with Gasteiger partial charge in [-0.3, -0.25) is 0 Å². The van der Waals surface area contributed by atoms with E-state index in [0.717, 1.165) is 11.7 Å². The molecule has 0 bridgehead atoms. The zero-order chi connectivity index (χ0) is 13.5. The van der Waals surface area contributed by atoms with Gasteiger partial charge in [0.25, 0.3) is 0 Å². The Balaban J connectivity index is 1.87. The fourth-order valence-corrected chi connectivity index (χ4v) is 2.78. The van der Waals surface area contributed by atoms with Gasteiger partial charge in [0.1, 0.15) is 0 Å². The molecule has 0 amide bonds. The van der Waals surface area contributed by atoms with Gasteiger partial charge in [0.2, 0.25) is 0 Å². The van der Waals surface area contributed by atoms with Crippen LogP contribution in [-0.4, -0.2) is 24.2 Å². The van der Waals surface area contributed by atoms with Crippen molar-refractivity contribution >= 4 is 17.3 Å². The summed E-state index contributed by atoms with van der Waals surface area (Å²) in [6.07, 6.45) is 5.00. The van der Waals surface area contributed by atoms with E-state index in [4.69, 9.17) is 12.2 Å². The van der Waals surface area contributed by atoms with Gasteiger partial charge in [0.15, 0.2) is 5.11 Å². The quantitative estimate of drug-likeness (QED) is 0.737. The summed E-state index contributed by atoms with van der Waals surface area (Å²) in [6.45, 7) is 0.927. The molecule has 2 rings (SSSR count). The number of benzene rings is 1. The predicted octanol–water partition coefficient (Wildman–Crippen LogP) is 2.18. The second kappa shape index (κ2) is 7.46. The maximum Gasteiger partial charge on any atom is 0.166 e. The standard InChI is InChI=1S/C15H23N3S/c1-16-15(19)18-14-10-6-5-9-13(14)17-11-12-7-3-2-4-8-12/h2-4,7-8,13-14,17H,5-6,9-11H2,1H3,(H2,16,18,19)/t13-,14-/m1/s1. The highest BCUT2D eigenvalue weighted by atomic mass is 32.1. The highest BCUT2D eigenvalue weighted by Gasteiger charge is 2.24. The van der Waals surface area contributed by atoms with Crippen molar-refractivity contribution in [2.45, 2.75) is 44.3 Å². The topological polar surface area (TPSA) is 36.1 Å².